The van der Waals surface area contributed by atoms with Gasteiger partial charge in [-0.3, -0.25) is 9.59 Å². The summed E-state index contributed by atoms with van der Waals surface area (Å²) in [6.07, 6.45) is 1.34. The number of alkyl carbamates (subject to hydrolysis) is 1. The molecular formula is C28H47N3O5. The van der Waals surface area contributed by atoms with E-state index in [0.717, 1.165) is 12.8 Å². The highest BCUT2D eigenvalue weighted by atomic mass is 16.6. The quantitative estimate of drug-likeness (QED) is 0.382. The summed E-state index contributed by atoms with van der Waals surface area (Å²) in [7, 11) is 0. The minimum atomic E-state index is -1.08. The van der Waals surface area contributed by atoms with Crippen LogP contribution in [0.4, 0.5) is 4.79 Å². The molecule has 1 aromatic rings. The van der Waals surface area contributed by atoms with E-state index in [2.05, 4.69) is 10.6 Å². The molecule has 0 heterocycles. The van der Waals surface area contributed by atoms with Crippen LogP contribution in [-0.4, -0.2) is 51.6 Å². The van der Waals surface area contributed by atoms with Gasteiger partial charge in [-0.2, -0.15) is 0 Å². The van der Waals surface area contributed by atoms with E-state index < -0.39 is 35.7 Å². The molecule has 0 spiro atoms. The van der Waals surface area contributed by atoms with Crippen molar-refractivity contribution in [3.63, 3.8) is 0 Å². The topological polar surface area (TPSA) is 108 Å². The molecule has 3 atom stereocenters. The highest BCUT2D eigenvalue weighted by Crippen LogP contribution is 2.34. The van der Waals surface area contributed by atoms with Gasteiger partial charge in [0.25, 0.3) is 0 Å². The van der Waals surface area contributed by atoms with Crippen molar-refractivity contribution >= 4 is 17.9 Å². The largest absolute Gasteiger partial charge is 0.507 e. The van der Waals surface area contributed by atoms with Gasteiger partial charge in [-0.1, -0.05) is 45.4 Å². The van der Waals surface area contributed by atoms with E-state index in [4.69, 9.17) is 4.74 Å². The first kappa shape index (κ1) is 31.3. The van der Waals surface area contributed by atoms with Crippen molar-refractivity contribution in [3.05, 3.63) is 29.3 Å². The molecule has 1 aromatic carbocycles. The van der Waals surface area contributed by atoms with Crippen molar-refractivity contribution in [2.45, 2.75) is 118 Å². The molecular weight excluding hydrogens is 458 g/mol. The van der Waals surface area contributed by atoms with Crippen LogP contribution in [-0.2, 0) is 14.3 Å². The Balaban J connectivity index is 3.55. The summed E-state index contributed by atoms with van der Waals surface area (Å²) >= 11 is 0. The number of ether oxygens (including phenoxy) is 1. The van der Waals surface area contributed by atoms with Gasteiger partial charge in [-0.15, -0.1) is 0 Å². The third-order valence-electron chi connectivity index (χ3n) is 5.71. The highest BCUT2D eigenvalue weighted by molar-refractivity contribution is 5.93. The number of amides is 3. The number of nitrogens with zero attached hydrogens (tertiary/aromatic N) is 1. The lowest BCUT2D eigenvalue weighted by atomic mass is 9.96. The molecule has 0 saturated heterocycles. The van der Waals surface area contributed by atoms with E-state index in [0.29, 0.717) is 17.5 Å². The Bertz CT molecular complexity index is 892. The Hall–Kier alpha value is -2.77. The van der Waals surface area contributed by atoms with Gasteiger partial charge < -0.3 is 25.4 Å². The molecule has 36 heavy (non-hydrogen) atoms. The SMILES string of the molecule is CCCC(C)NC(=O)C(c1cccc(C)c1O)N(C(=O)C(CC(C)C)NC(=O)OC(C)(C)C)C(C)C. The number of phenols is 1. The lowest BCUT2D eigenvalue weighted by Gasteiger charge is -2.38. The van der Waals surface area contributed by atoms with Gasteiger partial charge in [-0.05, 0) is 72.8 Å². The number of hydrogen-bond donors (Lipinski definition) is 3. The zero-order valence-electron chi connectivity index (χ0n) is 23.8. The average Bonchev–Trinajstić information content (AvgIpc) is 2.71. The summed E-state index contributed by atoms with van der Waals surface area (Å²) in [5.41, 5.74) is 0.228. The van der Waals surface area contributed by atoms with E-state index in [1.807, 2.05) is 41.5 Å². The van der Waals surface area contributed by atoms with Gasteiger partial charge in [-0.25, -0.2) is 4.79 Å². The van der Waals surface area contributed by atoms with E-state index in [1.165, 1.54) is 4.90 Å². The molecule has 3 amide bonds. The number of rotatable bonds is 11. The Labute approximate surface area is 217 Å². The number of para-hydroxylation sites is 1. The van der Waals surface area contributed by atoms with Gasteiger partial charge in [0.1, 0.15) is 23.4 Å². The smallest absolute Gasteiger partial charge is 0.408 e. The van der Waals surface area contributed by atoms with Crippen molar-refractivity contribution in [1.82, 2.24) is 15.5 Å². The molecule has 0 saturated carbocycles. The lowest BCUT2D eigenvalue weighted by molar-refractivity contribution is -0.145. The van der Waals surface area contributed by atoms with E-state index in [9.17, 15) is 19.5 Å². The molecule has 3 unspecified atom stereocenters. The molecule has 0 fully saturated rings. The van der Waals surface area contributed by atoms with Crippen LogP contribution in [0.2, 0.25) is 0 Å². The maximum Gasteiger partial charge on any atom is 0.408 e. The fourth-order valence-electron chi connectivity index (χ4n) is 4.15. The normalized spacial score (nSPS) is 14.2. The summed E-state index contributed by atoms with van der Waals surface area (Å²) in [4.78, 5) is 41.8. The monoisotopic (exact) mass is 505 g/mol. The first-order valence-corrected chi connectivity index (χ1v) is 13.0. The second-order valence-corrected chi connectivity index (χ2v) is 11.3. The van der Waals surface area contributed by atoms with E-state index >= 15 is 0 Å². The molecule has 1 rings (SSSR count). The van der Waals surface area contributed by atoms with Crippen molar-refractivity contribution in [2.75, 3.05) is 0 Å². The van der Waals surface area contributed by atoms with E-state index in [-0.39, 0.29) is 23.6 Å². The second kappa shape index (κ2) is 13.5. The molecule has 0 aliphatic heterocycles. The number of nitrogens with one attached hydrogen (secondary N) is 2. The predicted molar refractivity (Wildman–Crippen MR) is 143 cm³/mol. The number of benzene rings is 1. The first-order chi connectivity index (χ1) is 16.6. The number of aromatic hydroxyl groups is 1. The molecule has 204 valence electrons. The summed E-state index contributed by atoms with van der Waals surface area (Å²) in [5.74, 6) is -0.722. The maximum atomic E-state index is 14.0. The van der Waals surface area contributed by atoms with Crippen LogP contribution in [0.25, 0.3) is 0 Å². The standard InChI is InChI=1S/C28H47N3O5/c1-11-13-20(7)29-25(33)23(21-15-12-14-19(6)24(21)32)31(18(4)5)26(34)22(16-17(2)3)30-27(35)36-28(8,9)10/h12,14-15,17-18,20,22-23,32H,11,13,16H2,1-10H3,(H,29,33)(H,30,35). The molecule has 8 nitrogen and oxygen atoms in total. The Morgan fingerprint density at radius 1 is 1.06 bits per heavy atom. The maximum absolute atomic E-state index is 14.0. The summed E-state index contributed by atoms with van der Waals surface area (Å²) in [5, 5.41) is 16.7. The summed E-state index contributed by atoms with van der Waals surface area (Å²) < 4.78 is 5.41. The van der Waals surface area contributed by atoms with Crippen LogP contribution in [0.5, 0.6) is 5.75 Å². The summed E-state index contributed by atoms with van der Waals surface area (Å²) in [6, 6.07) is 2.69. The van der Waals surface area contributed by atoms with Crippen LogP contribution in [0.15, 0.2) is 18.2 Å². The number of phenolic OH excluding ortho intramolecular Hbond substituents is 1. The number of carbonyl (C=O) groups is 3. The van der Waals surface area contributed by atoms with Gasteiger partial charge in [0.05, 0.1) is 0 Å². The van der Waals surface area contributed by atoms with Crippen molar-refractivity contribution in [2.24, 2.45) is 5.92 Å². The zero-order valence-corrected chi connectivity index (χ0v) is 23.8. The van der Waals surface area contributed by atoms with Crippen LogP contribution in [0, 0.1) is 12.8 Å². The van der Waals surface area contributed by atoms with Gasteiger partial charge >= 0.3 is 6.09 Å². The average molecular weight is 506 g/mol. The molecule has 0 aliphatic rings. The fourth-order valence-corrected chi connectivity index (χ4v) is 4.15. The summed E-state index contributed by atoms with van der Waals surface area (Å²) in [6.45, 7) is 18.5. The Morgan fingerprint density at radius 2 is 1.67 bits per heavy atom. The molecule has 0 bridgehead atoms. The minimum Gasteiger partial charge on any atom is -0.507 e. The predicted octanol–water partition coefficient (Wildman–Crippen LogP) is 5.22. The molecule has 0 aliphatic carbocycles. The van der Waals surface area contributed by atoms with Crippen LogP contribution < -0.4 is 10.6 Å². The zero-order chi connectivity index (χ0) is 27.8. The van der Waals surface area contributed by atoms with Crippen LogP contribution in [0.1, 0.15) is 98.7 Å². The molecule has 8 heteroatoms. The molecule has 0 radical (unpaired) electrons. The van der Waals surface area contributed by atoms with Crippen molar-refractivity contribution in [3.8, 4) is 5.75 Å². The van der Waals surface area contributed by atoms with Gasteiger partial charge in [0.2, 0.25) is 11.8 Å². The molecule has 0 aromatic heterocycles. The third kappa shape index (κ3) is 9.36. The minimum absolute atomic E-state index is 0.0280. The fraction of sp³-hybridized carbons (Fsp3) is 0.679. The number of hydrogen-bond acceptors (Lipinski definition) is 5. The second-order valence-electron chi connectivity index (χ2n) is 11.3. The van der Waals surface area contributed by atoms with Gasteiger partial charge in [0.15, 0.2) is 0 Å². The van der Waals surface area contributed by atoms with Gasteiger partial charge in [0, 0.05) is 17.6 Å². The lowest BCUT2D eigenvalue weighted by Crippen LogP contribution is -2.55. The van der Waals surface area contributed by atoms with E-state index in [1.54, 1.807) is 45.9 Å². The highest BCUT2D eigenvalue weighted by Gasteiger charge is 2.39. The third-order valence-corrected chi connectivity index (χ3v) is 5.71. The number of aryl methyl sites for hydroxylation is 1. The molecule has 3 N–H and O–H groups in total. The van der Waals surface area contributed by atoms with Crippen LogP contribution >= 0.6 is 0 Å². The Kier molecular flexibility index (Phi) is 11.7. The van der Waals surface area contributed by atoms with Crippen molar-refractivity contribution < 1.29 is 24.2 Å². The van der Waals surface area contributed by atoms with Crippen molar-refractivity contribution in [1.29, 1.82) is 0 Å². The van der Waals surface area contributed by atoms with Crippen LogP contribution in [0.3, 0.4) is 0 Å². The Morgan fingerprint density at radius 3 is 2.17 bits per heavy atom. The first-order valence-electron chi connectivity index (χ1n) is 13.0. The number of carbonyl (C=O) groups excluding carboxylic acids is 3.